The van der Waals surface area contributed by atoms with Crippen LogP contribution in [0.2, 0.25) is 0 Å². The molecule has 0 spiro atoms. The molecule has 0 fully saturated rings. The quantitative estimate of drug-likeness (QED) is 0.878. The van der Waals surface area contributed by atoms with Crippen molar-refractivity contribution >= 4 is 0 Å². The molecule has 0 amide bonds. The fourth-order valence-corrected chi connectivity index (χ4v) is 1.60. The predicted octanol–water partition coefficient (Wildman–Crippen LogP) is 2.71. The molecule has 0 aliphatic carbocycles. The Morgan fingerprint density at radius 3 is 2.28 bits per heavy atom. The normalized spacial score (nSPS) is 10.3. The van der Waals surface area contributed by atoms with Crippen LogP contribution in [0.5, 0.6) is 11.8 Å². The Kier molecular flexibility index (Phi) is 4.25. The summed E-state index contributed by atoms with van der Waals surface area (Å²) in [5.74, 6) is 0.714. The highest BCUT2D eigenvalue weighted by Crippen LogP contribution is 2.18. The van der Waals surface area contributed by atoms with Crippen LogP contribution < -0.4 is 4.74 Å². The van der Waals surface area contributed by atoms with Crippen molar-refractivity contribution < 1.29 is 9.84 Å². The lowest BCUT2D eigenvalue weighted by Crippen LogP contribution is -1.94. The molecule has 18 heavy (non-hydrogen) atoms. The highest BCUT2D eigenvalue weighted by atomic mass is 16.5. The van der Waals surface area contributed by atoms with Crippen LogP contribution in [0.3, 0.4) is 0 Å². The fourth-order valence-electron chi connectivity index (χ4n) is 1.60. The lowest BCUT2D eigenvalue weighted by molar-refractivity contribution is 0.280. The molecule has 0 unspecified atom stereocenters. The van der Waals surface area contributed by atoms with Gasteiger partial charge in [-0.15, -0.1) is 0 Å². The Bertz CT molecular complexity index is 480. The first-order chi connectivity index (χ1) is 8.81. The van der Waals surface area contributed by atoms with Gasteiger partial charge >= 0.3 is 6.01 Å². The Morgan fingerprint density at radius 2 is 1.72 bits per heavy atom. The third-order valence-electron chi connectivity index (χ3n) is 2.54. The topological polar surface area (TPSA) is 55.2 Å². The van der Waals surface area contributed by atoms with E-state index in [0.29, 0.717) is 11.3 Å². The Balaban J connectivity index is 2.03. The van der Waals surface area contributed by atoms with Crippen LogP contribution in [-0.4, -0.2) is 15.1 Å². The van der Waals surface area contributed by atoms with E-state index < -0.39 is 0 Å². The van der Waals surface area contributed by atoms with Crippen molar-refractivity contribution in [2.24, 2.45) is 0 Å². The maximum atomic E-state index is 8.88. The van der Waals surface area contributed by atoms with E-state index in [-0.39, 0.29) is 12.6 Å². The van der Waals surface area contributed by atoms with Crippen LogP contribution in [0.1, 0.15) is 24.5 Å². The minimum Gasteiger partial charge on any atom is -0.424 e. The van der Waals surface area contributed by atoms with Gasteiger partial charge in [-0.1, -0.05) is 25.5 Å². The van der Waals surface area contributed by atoms with Crippen LogP contribution >= 0.6 is 0 Å². The summed E-state index contributed by atoms with van der Waals surface area (Å²) in [4.78, 5) is 8.02. The van der Waals surface area contributed by atoms with Gasteiger partial charge in [0.2, 0.25) is 0 Å². The monoisotopic (exact) mass is 244 g/mol. The molecule has 0 saturated carbocycles. The summed E-state index contributed by atoms with van der Waals surface area (Å²) in [6, 6.07) is 8.19. The number of aliphatic hydroxyl groups is 1. The molecule has 0 atom stereocenters. The number of benzene rings is 1. The summed E-state index contributed by atoms with van der Waals surface area (Å²) in [5, 5.41) is 8.88. The molecule has 0 aliphatic rings. The zero-order chi connectivity index (χ0) is 12.8. The van der Waals surface area contributed by atoms with Gasteiger partial charge in [0.05, 0.1) is 6.61 Å². The van der Waals surface area contributed by atoms with Gasteiger partial charge in [-0.3, -0.25) is 0 Å². The minimum absolute atomic E-state index is 0.0635. The van der Waals surface area contributed by atoms with Gasteiger partial charge < -0.3 is 9.84 Å². The first kappa shape index (κ1) is 12.5. The number of aliphatic hydroxyl groups excluding tert-OH is 1. The molecule has 1 aromatic carbocycles. The molecule has 0 bridgehead atoms. The van der Waals surface area contributed by atoms with Gasteiger partial charge in [0.1, 0.15) is 5.75 Å². The first-order valence-electron chi connectivity index (χ1n) is 6.00. The predicted molar refractivity (Wildman–Crippen MR) is 68.5 cm³/mol. The van der Waals surface area contributed by atoms with Crippen LogP contribution in [-0.2, 0) is 13.0 Å². The van der Waals surface area contributed by atoms with Crippen molar-refractivity contribution in [3.8, 4) is 11.8 Å². The Morgan fingerprint density at radius 1 is 1.06 bits per heavy atom. The second kappa shape index (κ2) is 6.12. The van der Waals surface area contributed by atoms with Gasteiger partial charge in [0.15, 0.2) is 0 Å². The van der Waals surface area contributed by atoms with Gasteiger partial charge in [-0.2, -0.15) is 0 Å². The molecule has 2 aromatic rings. The maximum Gasteiger partial charge on any atom is 0.321 e. The van der Waals surface area contributed by atoms with Gasteiger partial charge in [0.25, 0.3) is 0 Å². The van der Waals surface area contributed by atoms with E-state index in [4.69, 9.17) is 9.84 Å². The van der Waals surface area contributed by atoms with Crippen molar-refractivity contribution in [3.05, 3.63) is 47.8 Å². The lowest BCUT2D eigenvalue weighted by Gasteiger charge is -2.05. The number of hydrogen-bond donors (Lipinski definition) is 1. The number of rotatable bonds is 5. The largest absolute Gasteiger partial charge is 0.424 e. The van der Waals surface area contributed by atoms with Crippen molar-refractivity contribution in [2.75, 3.05) is 0 Å². The lowest BCUT2D eigenvalue weighted by atomic mass is 10.1. The molecule has 94 valence electrons. The number of aryl methyl sites for hydroxylation is 1. The number of ether oxygens (including phenoxy) is 1. The second-order valence-electron chi connectivity index (χ2n) is 4.03. The van der Waals surface area contributed by atoms with E-state index >= 15 is 0 Å². The zero-order valence-corrected chi connectivity index (χ0v) is 10.3. The average Bonchev–Trinajstić information content (AvgIpc) is 2.42. The molecular formula is C14H16N2O2. The van der Waals surface area contributed by atoms with Gasteiger partial charge in [-0.05, 0) is 24.1 Å². The number of hydrogen-bond acceptors (Lipinski definition) is 4. The van der Waals surface area contributed by atoms with Crippen LogP contribution in [0.4, 0.5) is 0 Å². The van der Waals surface area contributed by atoms with Gasteiger partial charge in [-0.25, -0.2) is 9.97 Å². The van der Waals surface area contributed by atoms with E-state index in [0.717, 1.165) is 12.8 Å². The third kappa shape index (κ3) is 3.28. The van der Waals surface area contributed by atoms with E-state index in [2.05, 4.69) is 16.9 Å². The Hall–Kier alpha value is -1.94. The smallest absolute Gasteiger partial charge is 0.321 e. The molecule has 0 saturated heterocycles. The van der Waals surface area contributed by atoms with E-state index in [1.165, 1.54) is 5.56 Å². The highest BCUT2D eigenvalue weighted by molar-refractivity contribution is 5.29. The van der Waals surface area contributed by atoms with Crippen molar-refractivity contribution in [3.63, 3.8) is 0 Å². The second-order valence-corrected chi connectivity index (χ2v) is 4.03. The highest BCUT2D eigenvalue weighted by Gasteiger charge is 2.01. The summed E-state index contributed by atoms with van der Waals surface area (Å²) >= 11 is 0. The number of aromatic nitrogens is 2. The summed E-state index contributed by atoms with van der Waals surface area (Å²) in [6.45, 7) is 2.09. The molecular weight excluding hydrogens is 228 g/mol. The van der Waals surface area contributed by atoms with Crippen LogP contribution in [0, 0.1) is 0 Å². The molecule has 1 N–H and O–H groups in total. The van der Waals surface area contributed by atoms with Crippen molar-refractivity contribution in [1.82, 2.24) is 9.97 Å². The Labute approximate surface area is 106 Å². The van der Waals surface area contributed by atoms with Crippen LogP contribution in [0.25, 0.3) is 0 Å². The summed E-state index contributed by atoms with van der Waals surface area (Å²) in [5.41, 5.74) is 1.96. The summed E-state index contributed by atoms with van der Waals surface area (Å²) in [7, 11) is 0. The van der Waals surface area contributed by atoms with E-state index in [9.17, 15) is 0 Å². The fraction of sp³-hybridized carbons (Fsp3) is 0.286. The van der Waals surface area contributed by atoms with E-state index in [1.807, 2.05) is 24.3 Å². The molecule has 4 heteroatoms. The third-order valence-corrected chi connectivity index (χ3v) is 2.54. The zero-order valence-electron chi connectivity index (χ0n) is 10.3. The summed E-state index contributed by atoms with van der Waals surface area (Å²) < 4.78 is 5.51. The molecule has 2 rings (SSSR count). The minimum atomic E-state index is -0.0635. The van der Waals surface area contributed by atoms with Gasteiger partial charge in [0, 0.05) is 18.0 Å². The number of nitrogens with zero attached hydrogens (tertiary/aromatic N) is 2. The first-order valence-corrected chi connectivity index (χ1v) is 6.00. The average molecular weight is 244 g/mol. The molecule has 0 radical (unpaired) electrons. The SMILES string of the molecule is CCCc1ccc(Oc2ncc(CO)cn2)cc1. The maximum absolute atomic E-state index is 8.88. The molecule has 4 nitrogen and oxygen atoms in total. The van der Waals surface area contributed by atoms with Crippen molar-refractivity contribution in [1.29, 1.82) is 0 Å². The summed E-state index contributed by atoms with van der Waals surface area (Å²) in [6.07, 6.45) is 5.30. The van der Waals surface area contributed by atoms with E-state index in [1.54, 1.807) is 12.4 Å². The van der Waals surface area contributed by atoms with Crippen LogP contribution in [0.15, 0.2) is 36.7 Å². The molecule has 0 aliphatic heterocycles. The molecule has 1 aromatic heterocycles. The molecule has 1 heterocycles. The standard InChI is InChI=1S/C14H16N2O2/c1-2-3-11-4-6-13(7-5-11)18-14-15-8-12(10-17)9-16-14/h4-9,17H,2-3,10H2,1H3. The van der Waals surface area contributed by atoms with Crippen molar-refractivity contribution in [2.45, 2.75) is 26.4 Å².